The Morgan fingerprint density at radius 3 is 2.21 bits per heavy atom. The SMILES string of the molecule is O=C(NC(CCO)C(=O)O)C(O)CO. The van der Waals surface area contributed by atoms with Crippen LogP contribution in [0.3, 0.4) is 0 Å². The molecule has 0 aromatic rings. The molecule has 7 heteroatoms. The maximum Gasteiger partial charge on any atom is 0.326 e. The van der Waals surface area contributed by atoms with Gasteiger partial charge in [0, 0.05) is 13.0 Å². The predicted molar refractivity (Wildman–Crippen MR) is 44.4 cm³/mol. The van der Waals surface area contributed by atoms with Crippen LogP contribution in [0.4, 0.5) is 0 Å². The van der Waals surface area contributed by atoms with Crippen LogP contribution in [0.1, 0.15) is 6.42 Å². The lowest BCUT2D eigenvalue weighted by atomic mass is 10.2. The molecule has 7 nitrogen and oxygen atoms in total. The van der Waals surface area contributed by atoms with Crippen molar-refractivity contribution in [2.24, 2.45) is 0 Å². The number of nitrogens with one attached hydrogen (secondary N) is 1. The van der Waals surface area contributed by atoms with Crippen LogP contribution in [0.5, 0.6) is 0 Å². The Balaban J connectivity index is 4.15. The van der Waals surface area contributed by atoms with E-state index in [2.05, 4.69) is 0 Å². The third-order valence-corrected chi connectivity index (χ3v) is 1.51. The Hall–Kier alpha value is -1.18. The maximum absolute atomic E-state index is 10.9. The van der Waals surface area contributed by atoms with Gasteiger partial charge < -0.3 is 25.7 Å². The topological polar surface area (TPSA) is 127 Å². The smallest absolute Gasteiger partial charge is 0.326 e. The molecule has 0 heterocycles. The summed E-state index contributed by atoms with van der Waals surface area (Å²) in [5, 5.41) is 36.2. The Kier molecular flexibility index (Phi) is 5.77. The molecule has 0 aromatic carbocycles. The van der Waals surface area contributed by atoms with Crippen LogP contribution in [0.25, 0.3) is 0 Å². The molecule has 14 heavy (non-hydrogen) atoms. The molecule has 0 aromatic heterocycles. The summed E-state index contributed by atoms with van der Waals surface area (Å²) in [6.07, 6.45) is -1.80. The van der Waals surface area contributed by atoms with Crippen LogP contribution in [-0.2, 0) is 9.59 Å². The van der Waals surface area contributed by atoms with E-state index < -0.39 is 37.2 Å². The van der Waals surface area contributed by atoms with E-state index in [9.17, 15) is 9.59 Å². The van der Waals surface area contributed by atoms with Gasteiger partial charge in [-0.25, -0.2) is 4.79 Å². The summed E-state index contributed by atoms with van der Waals surface area (Å²) in [6, 6.07) is -1.26. The highest BCUT2D eigenvalue weighted by Crippen LogP contribution is 1.93. The summed E-state index contributed by atoms with van der Waals surface area (Å²) in [7, 11) is 0. The van der Waals surface area contributed by atoms with Crippen LogP contribution in [-0.4, -0.2) is 57.7 Å². The third kappa shape index (κ3) is 4.17. The first-order chi connectivity index (χ1) is 6.52. The van der Waals surface area contributed by atoms with Crippen molar-refractivity contribution in [3.05, 3.63) is 0 Å². The van der Waals surface area contributed by atoms with Crippen molar-refractivity contribution in [1.82, 2.24) is 5.32 Å². The first kappa shape index (κ1) is 12.8. The molecule has 82 valence electrons. The zero-order chi connectivity index (χ0) is 11.1. The lowest BCUT2D eigenvalue weighted by molar-refractivity contribution is -0.144. The molecule has 0 rings (SSSR count). The standard InChI is InChI=1S/C7H13NO6/c9-2-1-4(7(13)14)8-6(12)5(11)3-10/h4-5,9-11H,1-3H2,(H,8,12)(H,13,14). The van der Waals surface area contributed by atoms with Gasteiger partial charge in [-0.2, -0.15) is 0 Å². The van der Waals surface area contributed by atoms with Gasteiger partial charge in [0.1, 0.15) is 6.04 Å². The first-order valence-electron chi connectivity index (χ1n) is 3.96. The van der Waals surface area contributed by atoms with Crippen LogP contribution in [0.15, 0.2) is 0 Å². The van der Waals surface area contributed by atoms with Crippen LogP contribution in [0.2, 0.25) is 0 Å². The zero-order valence-corrected chi connectivity index (χ0v) is 7.38. The van der Waals surface area contributed by atoms with Gasteiger partial charge >= 0.3 is 5.97 Å². The number of aliphatic hydroxyl groups is 3. The van der Waals surface area contributed by atoms with Crippen molar-refractivity contribution in [3.8, 4) is 0 Å². The number of carbonyl (C=O) groups excluding carboxylic acids is 1. The molecule has 0 fully saturated rings. The minimum atomic E-state index is -1.64. The second-order valence-electron chi connectivity index (χ2n) is 2.61. The molecule has 0 aliphatic heterocycles. The Labute approximate surface area is 80.0 Å². The number of aliphatic carboxylic acids is 1. The highest BCUT2D eigenvalue weighted by atomic mass is 16.4. The number of carboxylic acids is 1. The van der Waals surface area contributed by atoms with E-state index in [1.807, 2.05) is 5.32 Å². The molecule has 0 saturated carbocycles. The van der Waals surface area contributed by atoms with Gasteiger partial charge in [-0.05, 0) is 0 Å². The summed E-state index contributed by atoms with van der Waals surface area (Å²) in [6.45, 7) is -1.18. The molecular formula is C7H13NO6. The first-order valence-corrected chi connectivity index (χ1v) is 3.96. The van der Waals surface area contributed by atoms with E-state index in [0.29, 0.717) is 0 Å². The molecule has 1 amide bonds. The van der Waals surface area contributed by atoms with Crippen molar-refractivity contribution in [2.45, 2.75) is 18.6 Å². The summed E-state index contributed by atoms with van der Waals surface area (Å²) >= 11 is 0. The van der Waals surface area contributed by atoms with E-state index in [4.69, 9.17) is 20.4 Å². The molecule has 0 aliphatic rings. The van der Waals surface area contributed by atoms with Gasteiger partial charge in [0.05, 0.1) is 6.61 Å². The molecule has 0 saturated heterocycles. The fourth-order valence-electron chi connectivity index (χ4n) is 0.737. The zero-order valence-electron chi connectivity index (χ0n) is 7.38. The molecule has 0 radical (unpaired) electrons. The average molecular weight is 207 g/mol. The van der Waals surface area contributed by atoms with E-state index in [0.717, 1.165) is 0 Å². The number of rotatable bonds is 6. The fraction of sp³-hybridized carbons (Fsp3) is 0.714. The van der Waals surface area contributed by atoms with Gasteiger partial charge in [-0.15, -0.1) is 0 Å². The fourth-order valence-corrected chi connectivity index (χ4v) is 0.737. The number of carboxylic acid groups (broad SMARTS) is 1. The largest absolute Gasteiger partial charge is 0.480 e. The predicted octanol–water partition coefficient (Wildman–Crippen LogP) is -2.71. The van der Waals surface area contributed by atoms with Crippen LogP contribution in [0, 0.1) is 0 Å². The quantitative estimate of drug-likeness (QED) is 0.322. The van der Waals surface area contributed by atoms with Crippen molar-refractivity contribution in [2.75, 3.05) is 13.2 Å². The Morgan fingerprint density at radius 1 is 1.29 bits per heavy atom. The van der Waals surface area contributed by atoms with E-state index >= 15 is 0 Å². The second kappa shape index (κ2) is 6.30. The Morgan fingerprint density at radius 2 is 1.86 bits per heavy atom. The minimum Gasteiger partial charge on any atom is -0.480 e. The van der Waals surface area contributed by atoms with Crippen LogP contribution >= 0.6 is 0 Å². The van der Waals surface area contributed by atoms with Crippen molar-refractivity contribution in [1.29, 1.82) is 0 Å². The van der Waals surface area contributed by atoms with Gasteiger partial charge in [-0.1, -0.05) is 0 Å². The number of aliphatic hydroxyl groups excluding tert-OH is 3. The molecular weight excluding hydrogens is 194 g/mol. The van der Waals surface area contributed by atoms with Gasteiger partial charge in [0.2, 0.25) is 0 Å². The summed E-state index contributed by atoms with van der Waals surface area (Å²) in [5.41, 5.74) is 0. The second-order valence-corrected chi connectivity index (χ2v) is 2.61. The molecule has 2 unspecified atom stereocenters. The minimum absolute atomic E-state index is 0.154. The molecule has 0 spiro atoms. The lowest BCUT2D eigenvalue weighted by Crippen LogP contribution is -2.46. The van der Waals surface area contributed by atoms with E-state index in [-0.39, 0.29) is 6.42 Å². The monoisotopic (exact) mass is 207 g/mol. The number of carbonyl (C=O) groups is 2. The van der Waals surface area contributed by atoms with Gasteiger partial charge in [-0.3, -0.25) is 4.79 Å². The van der Waals surface area contributed by atoms with Crippen LogP contribution < -0.4 is 5.32 Å². The molecule has 0 bridgehead atoms. The number of amides is 1. The maximum atomic E-state index is 10.9. The van der Waals surface area contributed by atoms with Gasteiger partial charge in [0.15, 0.2) is 6.10 Å². The number of hydrogen-bond donors (Lipinski definition) is 5. The highest BCUT2D eigenvalue weighted by molar-refractivity contribution is 5.86. The summed E-state index contributed by atoms with van der Waals surface area (Å²) < 4.78 is 0. The summed E-state index contributed by atoms with van der Waals surface area (Å²) in [5.74, 6) is -2.29. The van der Waals surface area contributed by atoms with Crippen molar-refractivity contribution < 1.29 is 30.0 Å². The summed E-state index contributed by atoms with van der Waals surface area (Å²) in [4.78, 5) is 21.4. The highest BCUT2D eigenvalue weighted by Gasteiger charge is 2.22. The normalized spacial score (nSPS) is 14.5. The van der Waals surface area contributed by atoms with Crippen molar-refractivity contribution >= 4 is 11.9 Å². The molecule has 0 aliphatic carbocycles. The number of hydrogen-bond acceptors (Lipinski definition) is 5. The molecule has 5 N–H and O–H groups in total. The van der Waals surface area contributed by atoms with Gasteiger partial charge in [0.25, 0.3) is 5.91 Å². The lowest BCUT2D eigenvalue weighted by Gasteiger charge is -2.14. The molecule has 2 atom stereocenters. The van der Waals surface area contributed by atoms with E-state index in [1.54, 1.807) is 0 Å². The van der Waals surface area contributed by atoms with E-state index in [1.165, 1.54) is 0 Å². The average Bonchev–Trinajstić information content (AvgIpc) is 2.15. The Bertz CT molecular complexity index is 206. The van der Waals surface area contributed by atoms with Crippen molar-refractivity contribution in [3.63, 3.8) is 0 Å². The third-order valence-electron chi connectivity index (χ3n) is 1.51.